The molecule has 0 radical (unpaired) electrons. The van der Waals surface area contributed by atoms with Crippen molar-refractivity contribution in [1.29, 1.82) is 0 Å². The van der Waals surface area contributed by atoms with Gasteiger partial charge in [-0.1, -0.05) is 19.9 Å². The van der Waals surface area contributed by atoms with Gasteiger partial charge in [-0.2, -0.15) is 0 Å². The van der Waals surface area contributed by atoms with E-state index in [9.17, 15) is 0 Å². The van der Waals surface area contributed by atoms with Gasteiger partial charge in [0.2, 0.25) is 0 Å². The highest BCUT2D eigenvalue weighted by Crippen LogP contribution is 2.26. The molecule has 0 spiro atoms. The van der Waals surface area contributed by atoms with Crippen molar-refractivity contribution in [1.82, 2.24) is 20.4 Å². The van der Waals surface area contributed by atoms with E-state index in [0.717, 1.165) is 51.7 Å². The van der Waals surface area contributed by atoms with Gasteiger partial charge in [0.15, 0.2) is 5.96 Å². The normalized spacial score (nSPS) is 20.6. The molecule has 0 aliphatic carbocycles. The third-order valence-electron chi connectivity index (χ3n) is 5.66. The molecule has 3 atom stereocenters. The molecule has 0 amide bonds. The zero-order chi connectivity index (χ0) is 21.1. The molecular formula is C22H41N5OS. The summed E-state index contributed by atoms with van der Waals surface area (Å²) < 4.78 is 5.75. The van der Waals surface area contributed by atoms with E-state index in [2.05, 4.69) is 70.6 Å². The van der Waals surface area contributed by atoms with E-state index in [1.54, 1.807) is 0 Å². The maximum atomic E-state index is 5.75. The van der Waals surface area contributed by atoms with Crippen LogP contribution in [0.1, 0.15) is 51.5 Å². The molecule has 0 bridgehead atoms. The molecule has 1 fully saturated rings. The van der Waals surface area contributed by atoms with E-state index in [0.29, 0.717) is 12.1 Å². The van der Waals surface area contributed by atoms with Gasteiger partial charge in [-0.05, 0) is 57.8 Å². The third-order valence-corrected chi connectivity index (χ3v) is 6.63. The Kier molecular flexibility index (Phi) is 11.0. The molecule has 1 aromatic heterocycles. The zero-order valence-corrected chi connectivity index (χ0v) is 19.8. The molecule has 29 heavy (non-hydrogen) atoms. The van der Waals surface area contributed by atoms with Gasteiger partial charge in [-0.25, -0.2) is 0 Å². The lowest BCUT2D eigenvalue weighted by Gasteiger charge is -2.37. The number of aliphatic imine (C=N–C) groups is 1. The van der Waals surface area contributed by atoms with Gasteiger partial charge in [-0.15, -0.1) is 11.3 Å². The van der Waals surface area contributed by atoms with Crippen LogP contribution in [-0.2, 0) is 4.74 Å². The number of hydrogen-bond donors (Lipinski definition) is 2. The summed E-state index contributed by atoms with van der Waals surface area (Å²) in [4.78, 5) is 10.9. The molecule has 0 aromatic carbocycles. The zero-order valence-electron chi connectivity index (χ0n) is 19.0. The quantitative estimate of drug-likeness (QED) is 0.423. The Bertz CT molecular complexity index is 576. The van der Waals surface area contributed by atoms with Gasteiger partial charge in [0.05, 0.1) is 18.8 Å². The van der Waals surface area contributed by atoms with Crippen LogP contribution in [0.15, 0.2) is 22.5 Å². The number of thiophene rings is 1. The molecule has 2 rings (SSSR count). The van der Waals surface area contributed by atoms with Crippen LogP contribution in [0, 0.1) is 0 Å². The fourth-order valence-corrected chi connectivity index (χ4v) is 4.73. The molecule has 1 aliphatic heterocycles. The Morgan fingerprint density at radius 3 is 2.83 bits per heavy atom. The van der Waals surface area contributed by atoms with E-state index in [-0.39, 0.29) is 6.10 Å². The van der Waals surface area contributed by atoms with Crippen molar-refractivity contribution in [3.05, 3.63) is 22.4 Å². The lowest BCUT2D eigenvalue weighted by molar-refractivity contribution is -0.0334. The average molecular weight is 424 g/mol. The average Bonchev–Trinajstić information content (AvgIpc) is 3.25. The second-order valence-electron chi connectivity index (χ2n) is 7.88. The van der Waals surface area contributed by atoms with Gasteiger partial charge in [0, 0.05) is 37.6 Å². The summed E-state index contributed by atoms with van der Waals surface area (Å²) in [5, 5.41) is 9.31. The van der Waals surface area contributed by atoms with Crippen LogP contribution >= 0.6 is 11.3 Å². The Morgan fingerprint density at radius 2 is 2.21 bits per heavy atom. The molecule has 7 heteroatoms. The lowest BCUT2D eigenvalue weighted by Crippen LogP contribution is -2.49. The molecular weight excluding hydrogens is 382 g/mol. The van der Waals surface area contributed by atoms with Crippen LogP contribution < -0.4 is 10.6 Å². The predicted molar refractivity (Wildman–Crippen MR) is 125 cm³/mol. The highest BCUT2D eigenvalue weighted by Gasteiger charge is 2.26. The molecule has 2 heterocycles. The number of nitrogens with one attached hydrogen (secondary N) is 2. The topological polar surface area (TPSA) is 52.1 Å². The molecule has 3 unspecified atom stereocenters. The van der Waals surface area contributed by atoms with Gasteiger partial charge in [0.25, 0.3) is 0 Å². The first-order valence-corrected chi connectivity index (χ1v) is 12.0. The lowest BCUT2D eigenvalue weighted by atomic mass is 10.1. The number of ether oxygens (including phenoxy) is 1. The second kappa shape index (κ2) is 13.2. The number of nitrogens with zero attached hydrogens (tertiary/aromatic N) is 3. The standard InChI is InChI=1S/C22H41N5OS/c1-6-26(7-2)12-8-10-18(3)25-22(23-5)24-16-20(21-11-9-15-29-21)27-13-14-28-19(4)17-27/h9,11,15,18-20H,6-8,10,12-14,16-17H2,1-5H3,(H2,23,24,25). The summed E-state index contributed by atoms with van der Waals surface area (Å²) >= 11 is 1.83. The van der Waals surface area contributed by atoms with Crippen molar-refractivity contribution in [3.8, 4) is 0 Å². The molecule has 6 nitrogen and oxygen atoms in total. The number of hydrogen-bond acceptors (Lipinski definition) is 5. The van der Waals surface area contributed by atoms with Crippen molar-refractivity contribution in [2.75, 3.05) is 52.9 Å². The molecule has 0 saturated carbocycles. The third kappa shape index (κ3) is 8.24. The minimum Gasteiger partial charge on any atom is -0.376 e. The van der Waals surface area contributed by atoms with Gasteiger partial charge < -0.3 is 20.3 Å². The summed E-state index contributed by atoms with van der Waals surface area (Å²) in [6.45, 7) is 15.9. The number of morpholine rings is 1. The van der Waals surface area contributed by atoms with Crippen molar-refractivity contribution in [2.24, 2.45) is 4.99 Å². The SMILES string of the molecule is CCN(CC)CCCC(C)NC(=NC)NCC(c1cccs1)N1CCOC(C)C1. The first kappa shape index (κ1) is 24.1. The van der Waals surface area contributed by atoms with Crippen LogP contribution in [0.25, 0.3) is 0 Å². The fourth-order valence-electron chi connectivity index (χ4n) is 3.87. The predicted octanol–water partition coefficient (Wildman–Crippen LogP) is 3.19. The summed E-state index contributed by atoms with van der Waals surface area (Å²) in [6, 6.07) is 5.13. The van der Waals surface area contributed by atoms with Crippen LogP contribution in [0.4, 0.5) is 0 Å². The van der Waals surface area contributed by atoms with Crippen molar-refractivity contribution < 1.29 is 4.74 Å². The smallest absolute Gasteiger partial charge is 0.191 e. The number of guanidine groups is 1. The van der Waals surface area contributed by atoms with Crippen LogP contribution in [-0.4, -0.2) is 80.8 Å². The monoisotopic (exact) mass is 423 g/mol. The van der Waals surface area contributed by atoms with E-state index in [4.69, 9.17) is 4.74 Å². The molecule has 1 aliphatic rings. The van der Waals surface area contributed by atoms with Crippen LogP contribution in [0.3, 0.4) is 0 Å². The molecule has 2 N–H and O–H groups in total. The Morgan fingerprint density at radius 1 is 1.41 bits per heavy atom. The molecule has 1 saturated heterocycles. The summed E-state index contributed by atoms with van der Waals surface area (Å²) in [5.41, 5.74) is 0. The van der Waals surface area contributed by atoms with Gasteiger partial charge >= 0.3 is 0 Å². The van der Waals surface area contributed by atoms with Gasteiger partial charge in [0.1, 0.15) is 0 Å². The van der Waals surface area contributed by atoms with Crippen LogP contribution in [0.2, 0.25) is 0 Å². The first-order valence-electron chi connectivity index (χ1n) is 11.2. The minimum atomic E-state index is 0.287. The molecule has 166 valence electrons. The summed E-state index contributed by atoms with van der Waals surface area (Å²) in [5.74, 6) is 0.892. The first-order chi connectivity index (χ1) is 14.1. The van der Waals surface area contributed by atoms with E-state index in [1.807, 2.05) is 18.4 Å². The fraction of sp³-hybridized carbons (Fsp3) is 0.773. The van der Waals surface area contributed by atoms with E-state index < -0.39 is 0 Å². The second-order valence-corrected chi connectivity index (χ2v) is 8.85. The van der Waals surface area contributed by atoms with Crippen molar-refractivity contribution >= 4 is 17.3 Å². The Labute approximate surface area is 181 Å². The maximum Gasteiger partial charge on any atom is 0.191 e. The van der Waals surface area contributed by atoms with Crippen LogP contribution in [0.5, 0.6) is 0 Å². The van der Waals surface area contributed by atoms with E-state index >= 15 is 0 Å². The van der Waals surface area contributed by atoms with E-state index in [1.165, 1.54) is 17.8 Å². The highest BCUT2D eigenvalue weighted by molar-refractivity contribution is 7.10. The number of rotatable bonds is 11. The summed E-state index contributed by atoms with van der Waals surface area (Å²) in [6.07, 6.45) is 2.64. The maximum absolute atomic E-state index is 5.75. The van der Waals surface area contributed by atoms with Crippen molar-refractivity contribution in [2.45, 2.75) is 58.7 Å². The minimum absolute atomic E-state index is 0.287. The van der Waals surface area contributed by atoms with Crippen molar-refractivity contribution in [3.63, 3.8) is 0 Å². The van der Waals surface area contributed by atoms with Gasteiger partial charge in [-0.3, -0.25) is 9.89 Å². The summed E-state index contributed by atoms with van der Waals surface area (Å²) in [7, 11) is 1.86. The highest BCUT2D eigenvalue weighted by atomic mass is 32.1. The Balaban J connectivity index is 1.84. The molecule has 1 aromatic rings. The largest absolute Gasteiger partial charge is 0.376 e. The Hall–Kier alpha value is -1.15.